The SMILES string of the molecule is O=C(Nc1cccc(Cl)c1)c1nnc(C2CCCN2C(=O)NCCc2ccccc2)s1. The lowest BCUT2D eigenvalue weighted by molar-refractivity contribution is 0.102. The lowest BCUT2D eigenvalue weighted by Crippen LogP contribution is -2.40. The lowest BCUT2D eigenvalue weighted by atomic mass is 10.1. The number of rotatable bonds is 6. The second kappa shape index (κ2) is 9.89. The molecule has 0 spiro atoms. The molecule has 1 aliphatic heterocycles. The van der Waals surface area contributed by atoms with E-state index in [0.29, 0.717) is 28.8 Å². The molecule has 1 aromatic heterocycles. The number of hydrogen-bond acceptors (Lipinski definition) is 5. The standard InChI is InChI=1S/C22H22ClN5O2S/c23-16-8-4-9-17(14-16)25-19(29)21-27-26-20(31-21)18-10-5-13-28(18)22(30)24-12-11-15-6-2-1-3-7-15/h1-4,6-9,14,18H,5,10-13H2,(H,24,30)(H,25,29). The van der Waals surface area contributed by atoms with Gasteiger partial charge in [-0.05, 0) is 43.0 Å². The maximum Gasteiger partial charge on any atom is 0.318 e. The molecule has 31 heavy (non-hydrogen) atoms. The van der Waals surface area contributed by atoms with E-state index in [-0.39, 0.29) is 23.0 Å². The summed E-state index contributed by atoms with van der Waals surface area (Å²) in [5, 5.41) is 15.5. The number of likely N-dealkylation sites (tertiary alicyclic amines) is 1. The van der Waals surface area contributed by atoms with Crippen LogP contribution in [0.3, 0.4) is 0 Å². The zero-order valence-corrected chi connectivity index (χ0v) is 18.3. The average Bonchev–Trinajstić information content (AvgIpc) is 3.44. The molecule has 2 N–H and O–H groups in total. The molecule has 3 aromatic rings. The van der Waals surface area contributed by atoms with E-state index < -0.39 is 0 Å². The number of urea groups is 1. The Hall–Kier alpha value is -2.97. The van der Waals surface area contributed by atoms with Gasteiger partial charge < -0.3 is 15.5 Å². The highest BCUT2D eigenvalue weighted by atomic mass is 35.5. The smallest absolute Gasteiger partial charge is 0.318 e. The van der Waals surface area contributed by atoms with Crippen molar-refractivity contribution in [3.63, 3.8) is 0 Å². The van der Waals surface area contributed by atoms with Crippen molar-refractivity contribution in [1.82, 2.24) is 20.4 Å². The maximum atomic E-state index is 12.7. The van der Waals surface area contributed by atoms with E-state index in [1.165, 1.54) is 16.9 Å². The number of nitrogens with zero attached hydrogens (tertiary/aromatic N) is 3. The fourth-order valence-corrected chi connectivity index (χ4v) is 4.61. The van der Waals surface area contributed by atoms with Crippen molar-refractivity contribution in [1.29, 1.82) is 0 Å². The highest BCUT2D eigenvalue weighted by molar-refractivity contribution is 7.13. The summed E-state index contributed by atoms with van der Waals surface area (Å²) < 4.78 is 0. The first-order chi connectivity index (χ1) is 15.1. The molecule has 0 aliphatic carbocycles. The van der Waals surface area contributed by atoms with E-state index in [0.717, 1.165) is 19.3 Å². The molecule has 3 amide bonds. The van der Waals surface area contributed by atoms with Gasteiger partial charge in [0.2, 0.25) is 5.01 Å². The summed E-state index contributed by atoms with van der Waals surface area (Å²) in [6, 6.07) is 16.7. The van der Waals surface area contributed by atoms with Crippen molar-refractivity contribution in [2.45, 2.75) is 25.3 Å². The molecule has 1 unspecified atom stereocenters. The molecule has 1 saturated heterocycles. The quantitative estimate of drug-likeness (QED) is 0.571. The minimum absolute atomic E-state index is 0.112. The van der Waals surface area contributed by atoms with Crippen LogP contribution in [0.2, 0.25) is 5.02 Å². The van der Waals surface area contributed by atoms with Gasteiger partial charge in [0.05, 0.1) is 6.04 Å². The lowest BCUT2D eigenvalue weighted by Gasteiger charge is -2.23. The van der Waals surface area contributed by atoms with Crippen molar-refractivity contribution in [2.24, 2.45) is 0 Å². The van der Waals surface area contributed by atoms with E-state index in [2.05, 4.69) is 20.8 Å². The van der Waals surface area contributed by atoms with Crippen LogP contribution < -0.4 is 10.6 Å². The number of carbonyl (C=O) groups excluding carboxylic acids is 2. The summed E-state index contributed by atoms with van der Waals surface area (Å²) >= 11 is 7.18. The Bertz CT molecular complexity index is 1060. The van der Waals surface area contributed by atoms with Crippen molar-refractivity contribution in [3.8, 4) is 0 Å². The number of hydrogen-bond donors (Lipinski definition) is 2. The van der Waals surface area contributed by atoms with Crippen molar-refractivity contribution in [2.75, 3.05) is 18.4 Å². The minimum Gasteiger partial charge on any atom is -0.338 e. The molecule has 1 aliphatic rings. The largest absolute Gasteiger partial charge is 0.338 e. The third-order valence-corrected chi connectivity index (χ3v) is 6.31. The molecular weight excluding hydrogens is 434 g/mol. The van der Waals surface area contributed by atoms with Gasteiger partial charge in [0.1, 0.15) is 5.01 Å². The van der Waals surface area contributed by atoms with Crippen LogP contribution >= 0.6 is 22.9 Å². The number of aromatic nitrogens is 2. The molecule has 2 aromatic carbocycles. The van der Waals surface area contributed by atoms with Crippen molar-refractivity contribution >= 4 is 40.6 Å². The van der Waals surface area contributed by atoms with Gasteiger partial charge in [-0.15, -0.1) is 10.2 Å². The predicted molar refractivity (Wildman–Crippen MR) is 122 cm³/mol. The van der Waals surface area contributed by atoms with Crippen LogP contribution in [0.25, 0.3) is 0 Å². The van der Waals surface area contributed by atoms with Gasteiger partial charge in [0.15, 0.2) is 0 Å². The van der Waals surface area contributed by atoms with Crippen LogP contribution in [0.4, 0.5) is 10.5 Å². The summed E-state index contributed by atoms with van der Waals surface area (Å²) in [6.07, 6.45) is 2.47. The van der Waals surface area contributed by atoms with Crippen molar-refractivity contribution in [3.05, 3.63) is 75.2 Å². The van der Waals surface area contributed by atoms with Gasteiger partial charge >= 0.3 is 6.03 Å². The number of amides is 3. The number of carbonyl (C=O) groups is 2. The van der Waals surface area contributed by atoms with Crippen LogP contribution in [0, 0.1) is 0 Å². The van der Waals surface area contributed by atoms with Gasteiger partial charge in [-0.1, -0.05) is 59.3 Å². The van der Waals surface area contributed by atoms with Gasteiger partial charge in [-0.2, -0.15) is 0 Å². The summed E-state index contributed by atoms with van der Waals surface area (Å²) in [4.78, 5) is 27.0. The summed E-state index contributed by atoms with van der Waals surface area (Å²) in [7, 11) is 0. The monoisotopic (exact) mass is 455 g/mol. The third kappa shape index (κ3) is 5.39. The van der Waals surface area contributed by atoms with Crippen LogP contribution in [0.5, 0.6) is 0 Å². The molecule has 2 heterocycles. The van der Waals surface area contributed by atoms with Crippen LogP contribution in [-0.2, 0) is 6.42 Å². The van der Waals surface area contributed by atoms with Crippen LogP contribution in [-0.4, -0.2) is 40.1 Å². The molecule has 0 bridgehead atoms. The molecule has 7 nitrogen and oxygen atoms in total. The van der Waals surface area contributed by atoms with Gasteiger partial charge in [-0.25, -0.2) is 4.79 Å². The Labute approximate surface area is 189 Å². The van der Waals surface area contributed by atoms with E-state index in [1.54, 1.807) is 29.2 Å². The minimum atomic E-state index is -0.345. The number of benzene rings is 2. The van der Waals surface area contributed by atoms with Gasteiger partial charge in [-0.3, -0.25) is 4.79 Å². The van der Waals surface area contributed by atoms with E-state index in [1.807, 2.05) is 30.3 Å². The Balaban J connectivity index is 1.35. The molecule has 1 fully saturated rings. The Kier molecular flexibility index (Phi) is 6.79. The molecule has 0 saturated carbocycles. The molecular formula is C22H22ClN5O2S. The molecule has 4 rings (SSSR count). The first-order valence-corrected chi connectivity index (χ1v) is 11.3. The molecule has 0 radical (unpaired) electrons. The fourth-order valence-electron chi connectivity index (χ4n) is 3.54. The van der Waals surface area contributed by atoms with E-state index in [4.69, 9.17) is 11.6 Å². The topological polar surface area (TPSA) is 87.2 Å². The predicted octanol–water partition coefficient (Wildman–Crippen LogP) is 4.53. The maximum absolute atomic E-state index is 12.7. The first-order valence-electron chi connectivity index (χ1n) is 10.1. The highest BCUT2D eigenvalue weighted by Crippen LogP contribution is 2.33. The van der Waals surface area contributed by atoms with Gasteiger partial charge in [0.25, 0.3) is 5.91 Å². The summed E-state index contributed by atoms with van der Waals surface area (Å²) in [5.74, 6) is -0.345. The summed E-state index contributed by atoms with van der Waals surface area (Å²) in [5.41, 5.74) is 1.77. The molecule has 160 valence electrons. The molecule has 1 atom stereocenters. The number of anilines is 1. The second-order valence-electron chi connectivity index (χ2n) is 7.23. The van der Waals surface area contributed by atoms with Crippen molar-refractivity contribution < 1.29 is 9.59 Å². The first kappa shape index (κ1) is 21.3. The fraction of sp³-hybridized carbons (Fsp3) is 0.273. The number of nitrogens with one attached hydrogen (secondary N) is 2. The zero-order valence-electron chi connectivity index (χ0n) is 16.8. The Morgan fingerprint density at radius 3 is 2.77 bits per heavy atom. The van der Waals surface area contributed by atoms with Gasteiger partial charge in [0, 0.05) is 23.8 Å². The Morgan fingerprint density at radius 2 is 1.97 bits per heavy atom. The van der Waals surface area contributed by atoms with Crippen LogP contribution in [0.1, 0.15) is 39.3 Å². The normalized spacial score (nSPS) is 15.6. The summed E-state index contributed by atoms with van der Waals surface area (Å²) in [6.45, 7) is 1.22. The highest BCUT2D eigenvalue weighted by Gasteiger charge is 2.33. The Morgan fingerprint density at radius 1 is 1.13 bits per heavy atom. The average molecular weight is 456 g/mol. The second-order valence-corrected chi connectivity index (χ2v) is 8.67. The van der Waals surface area contributed by atoms with Crippen LogP contribution in [0.15, 0.2) is 54.6 Å². The van der Waals surface area contributed by atoms with E-state index in [9.17, 15) is 9.59 Å². The molecule has 9 heteroatoms. The zero-order chi connectivity index (χ0) is 21.6. The van der Waals surface area contributed by atoms with E-state index >= 15 is 0 Å². The number of halogens is 1. The third-order valence-electron chi connectivity index (χ3n) is 5.05.